The van der Waals surface area contributed by atoms with E-state index in [4.69, 9.17) is 5.73 Å². The number of hydrogen-bond acceptors (Lipinski definition) is 2. The molecule has 2 rings (SSSR count). The van der Waals surface area contributed by atoms with Crippen molar-refractivity contribution < 1.29 is 0 Å². The molecule has 1 aliphatic rings. The minimum absolute atomic E-state index is 0.0948. The quantitative estimate of drug-likeness (QED) is 0.772. The lowest BCUT2D eigenvalue weighted by Gasteiger charge is -2.28. The Morgan fingerprint density at radius 1 is 1.35 bits per heavy atom. The van der Waals surface area contributed by atoms with Gasteiger partial charge in [0, 0.05) is 15.4 Å². The smallest absolute Gasteiger partial charge is 0.0429 e. The van der Waals surface area contributed by atoms with Crippen molar-refractivity contribution in [2.24, 2.45) is 17.6 Å². The Morgan fingerprint density at radius 2 is 2.12 bits per heavy atom. The van der Waals surface area contributed by atoms with Crippen LogP contribution in [-0.2, 0) is 5.54 Å². The Hall–Kier alpha value is 0.140. The van der Waals surface area contributed by atoms with Crippen molar-refractivity contribution in [3.05, 3.63) is 20.8 Å². The average molecular weight is 316 g/mol. The standard InChI is InChI=1S/C14H22BrNS/c1-10(2)11-4-3-6-14(16,7-5-11)12-8-17-9-13(12)15/h8-11H,3-7,16H2,1-2H3. The summed E-state index contributed by atoms with van der Waals surface area (Å²) in [5.74, 6) is 1.65. The van der Waals surface area contributed by atoms with Crippen LogP contribution in [0, 0.1) is 11.8 Å². The van der Waals surface area contributed by atoms with Crippen LogP contribution in [-0.4, -0.2) is 0 Å². The fraction of sp³-hybridized carbons (Fsp3) is 0.714. The molecule has 1 aromatic heterocycles. The largest absolute Gasteiger partial charge is 0.321 e. The van der Waals surface area contributed by atoms with E-state index in [1.54, 1.807) is 11.3 Å². The SMILES string of the molecule is CC(C)C1CCCC(N)(c2cscc2Br)CC1. The third-order valence-electron chi connectivity index (χ3n) is 4.25. The van der Waals surface area contributed by atoms with E-state index in [0.29, 0.717) is 0 Å². The molecule has 0 saturated heterocycles. The molecule has 96 valence electrons. The van der Waals surface area contributed by atoms with Crippen LogP contribution in [0.1, 0.15) is 51.5 Å². The minimum atomic E-state index is -0.0948. The molecule has 1 saturated carbocycles. The maximum absolute atomic E-state index is 6.66. The van der Waals surface area contributed by atoms with Gasteiger partial charge >= 0.3 is 0 Å². The average Bonchev–Trinajstić information content (AvgIpc) is 2.59. The summed E-state index contributed by atoms with van der Waals surface area (Å²) >= 11 is 5.38. The third-order valence-corrected chi connectivity index (χ3v) is 5.96. The monoisotopic (exact) mass is 315 g/mol. The van der Waals surface area contributed by atoms with E-state index >= 15 is 0 Å². The van der Waals surface area contributed by atoms with Gasteiger partial charge in [-0.2, -0.15) is 11.3 Å². The first-order chi connectivity index (χ1) is 8.03. The lowest BCUT2D eigenvalue weighted by molar-refractivity contribution is 0.325. The summed E-state index contributed by atoms with van der Waals surface area (Å²) in [4.78, 5) is 0. The summed E-state index contributed by atoms with van der Waals surface area (Å²) in [6.07, 6.45) is 6.15. The van der Waals surface area contributed by atoms with Crippen LogP contribution in [0.3, 0.4) is 0 Å². The van der Waals surface area contributed by atoms with Crippen molar-refractivity contribution in [3.63, 3.8) is 0 Å². The number of rotatable bonds is 2. The molecule has 0 aliphatic heterocycles. The second-order valence-electron chi connectivity index (χ2n) is 5.72. The Kier molecular flexibility index (Phi) is 4.32. The molecule has 1 aliphatic carbocycles. The molecular formula is C14H22BrNS. The number of hydrogen-bond donors (Lipinski definition) is 1. The second-order valence-corrected chi connectivity index (χ2v) is 7.32. The Balaban J connectivity index is 2.15. The highest BCUT2D eigenvalue weighted by atomic mass is 79.9. The van der Waals surface area contributed by atoms with E-state index < -0.39 is 0 Å². The molecule has 3 heteroatoms. The van der Waals surface area contributed by atoms with Gasteiger partial charge in [-0.25, -0.2) is 0 Å². The molecular weight excluding hydrogens is 294 g/mol. The van der Waals surface area contributed by atoms with E-state index in [0.717, 1.165) is 24.7 Å². The molecule has 1 fully saturated rings. The number of halogens is 1. The van der Waals surface area contributed by atoms with Crippen molar-refractivity contribution >= 4 is 27.3 Å². The van der Waals surface area contributed by atoms with Gasteiger partial charge in [0.15, 0.2) is 0 Å². The summed E-state index contributed by atoms with van der Waals surface area (Å²) in [6, 6.07) is 0. The van der Waals surface area contributed by atoms with Crippen LogP contribution >= 0.6 is 27.3 Å². The predicted octanol–water partition coefficient (Wildman–Crippen LogP) is 4.90. The summed E-state index contributed by atoms with van der Waals surface area (Å²) in [5.41, 5.74) is 7.90. The zero-order valence-electron chi connectivity index (χ0n) is 10.7. The highest BCUT2D eigenvalue weighted by Crippen LogP contribution is 2.41. The van der Waals surface area contributed by atoms with Gasteiger partial charge in [-0.05, 0) is 58.0 Å². The summed E-state index contributed by atoms with van der Waals surface area (Å²) < 4.78 is 1.20. The van der Waals surface area contributed by atoms with Crippen molar-refractivity contribution in [1.29, 1.82) is 0 Å². The van der Waals surface area contributed by atoms with Crippen LogP contribution in [0.2, 0.25) is 0 Å². The van der Waals surface area contributed by atoms with Crippen molar-refractivity contribution in [3.8, 4) is 0 Å². The number of thiophene rings is 1. The maximum Gasteiger partial charge on any atom is 0.0429 e. The highest BCUT2D eigenvalue weighted by molar-refractivity contribution is 9.10. The Bertz CT molecular complexity index is 374. The number of nitrogens with two attached hydrogens (primary N) is 1. The topological polar surface area (TPSA) is 26.0 Å². The van der Waals surface area contributed by atoms with Crippen LogP contribution < -0.4 is 5.73 Å². The first-order valence-electron chi connectivity index (χ1n) is 6.54. The van der Waals surface area contributed by atoms with E-state index in [-0.39, 0.29) is 5.54 Å². The van der Waals surface area contributed by atoms with E-state index in [1.807, 2.05) is 0 Å². The summed E-state index contributed by atoms with van der Waals surface area (Å²) in [6.45, 7) is 4.68. The van der Waals surface area contributed by atoms with Crippen LogP contribution in [0.25, 0.3) is 0 Å². The van der Waals surface area contributed by atoms with Gasteiger partial charge in [-0.15, -0.1) is 0 Å². The van der Waals surface area contributed by atoms with Crippen LogP contribution in [0.4, 0.5) is 0 Å². The third kappa shape index (κ3) is 2.94. The molecule has 0 amide bonds. The summed E-state index contributed by atoms with van der Waals surface area (Å²) in [7, 11) is 0. The summed E-state index contributed by atoms with van der Waals surface area (Å²) in [5, 5.41) is 4.37. The van der Waals surface area contributed by atoms with Crippen molar-refractivity contribution in [1.82, 2.24) is 0 Å². The molecule has 17 heavy (non-hydrogen) atoms. The van der Waals surface area contributed by atoms with Gasteiger partial charge in [-0.3, -0.25) is 0 Å². The Morgan fingerprint density at radius 3 is 2.71 bits per heavy atom. The first-order valence-corrected chi connectivity index (χ1v) is 8.27. The Labute approximate surface area is 117 Å². The molecule has 0 aromatic carbocycles. The van der Waals surface area contributed by atoms with Gasteiger partial charge in [0.25, 0.3) is 0 Å². The van der Waals surface area contributed by atoms with Gasteiger partial charge in [0.1, 0.15) is 0 Å². The van der Waals surface area contributed by atoms with Crippen molar-refractivity contribution in [2.45, 2.75) is 51.5 Å². The second kappa shape index (κ2) is 5.41. The highest BCUT2D eigenvalue weighted by Gasteiger charge is 2.33. The van der Waals surface area contributed by atoms with E-state index in [9.17, 15) is 0 Å². The van der Waals surface area contributed by atoms with E-state index in [1.165, 1.54) is 29.3 Å². The molecule has 1 heterocycles. The molecule has 0 radical (unpaired) electrons. The fourth-order valence-corrected chi connectivity index (χ4v) is 4.76. The van der Waals surface area contributed by atoms with Gasteiger partial charge in [0.05, 0.1) is 0 Å². The lowest BCUT2D eigenvalue weighted by Crippen LogP contribution is -2.36. The predicted molar refractivity (Wildman–Crippen MR) is 79.3 cm³/mol. The zero-order chi connectivity index (χ0) is 12.5. The van der Waals surface area contributed by atoms with Crippen LogP contribution in [0.5, 0.6) is 0 Å². The molecule has 0 bridgehead atoms. The molecule has 0 spiro atoms. The molecule has 2 N–H and O–H groups in total. The van der Waals surface area contributed by atoms with E-state index in [2.05, 4.69) is 40.5 Å². The normalized spacial score (nSPS) is 30.5. The van der Waals surface area contributed by atoms with Gasteiger partial charge in [-0.1, -0.05) is 26.7 Å². The van der Waals surface area contributed by atoms with Gasteiger partial charge in [0.2, 0.25) is 0 Å². The van der Waals surface area contributed by atoms with Gasteiger partial charge < -0.3 is 5.73 Å². The molecule has 1 aromatic rings. The zero-order valence-corrected chi connectivity index (χ0v) is 13.1. The molecule has 2 unspecified atom stereocenters. The molecule has 2 atom stereocenters. The maximum atomic E-state index is 6.66. The fourth-order valence-electron chi connectivity index (χ4n) is 2.96. The minimum Gasteiger partial charge on any atom is -0.321 e. The molecule has 1 nitrogen and oxygen atoms in total. The van der Waals surface area contributed by atoms with Crippen molar-refractivity contribution in [2.75, 3.05) is 0 Å². The first kappa shape index (κ1) is 13.6. The van der Waals surface area contributed by atoms with Crippen LogP contribution in [0.15, 0.2) is 15.2 Å². The lowest BCUT2D eigenvalue weighted by atomic mass is 9.84.